The number of nitrogens with two attached hydrogens (primary N) is 2. The van der Waals surface area contributed by atoms with Crippen LogP contribution in [0.2, 0.25) is 0 Å². The topological polar surface area (TPSA) is 89.4 Å². The van der Waals surface area contributed by atoms with Crippen molar-refractivity contribution in [2.24, 2.45) is 23.3 Å². The molecule has 0 radical (unpaired) electrons. The number of carbonyl (C=O) groups excluding carboxylic acids is 2. The minimum Gasteiger partial charge on any atom is -0.369 e. The summed E-state index contributed by atoms with van der Waals surface area (Å²) in [6.45, 7) is 1.36. The number of carbonyl (C=O) groups is 2. The van der Waals surface area contributed by atoms with Gasteiger partial charge in [-0.15, -0.1) is 0 Å². The Hall–Kier alpha value is -1.95. The van der Waals surface area contributed by atoms with Crippen molar-refractivity contribution < 1.29 is 14.0 Å². The Morgan fingerprint density at radius 1 is 1.15 bits per heavy atom. The molecule has 2 unspecified atom stereocenters. The van der Waals surface area contributed by atoms with E-state index in [0.29, 0.717) is 31.6 Å². The molecule has 1 aliphatic rings. The Balaban J connectivity index is 1.97. The quantitative estimate of drug-likeness (QED) is 0.788. The van der Waals surface area contributed by atoms with Crippen molar-refractivity contribution in [1.82, 2.24) is 4.90 Å². The number of amides is 2. The molecule has 5 nitrogen and oxygen atoms in total. The summed E-state index contributed by atoms with van der Waals surface area (Å²) in [5.74, 6) is -2.37. The van der Waals surface area contributed by atoms with E-state index >= 15 is 0 Å². The number of halogens is 1. The van der Waals surface area contributed by atoms with Crippen LogP contribution < -0.4 is 11.5 Å². The van der Waals surface area contributed by atoms with Crippen LogP contribution in [0, 0.1) is 17.7 Å². The van der Waals surface area contributed by atoms with E-state index in [9.17, 15) is 14.0 Å². The van der Waals surface area contributed by atoms with E-state index in [1.807, 2.05) is 4.90 Å². The molecule has 0 saturated carbocycles. The van der Waals surface area contributed by atoms with Crippen LogP contribution in [-0.4, -0.2) is 36.3 Å². The first-order valence-electron chi connectivity index (χ1n) is 6.53. The maximum atomic E-state index is 13.5. The molecule has 1 aromatic carbocycles. The van der Waals surface area contributed by atoms with Crippen LogP contribution in [0.5, 0.6) is 0 Å². The summed E-state index contributed by atoms with van der Waals surface area (Å²) in [5, 5.41) is 0. The van der Waals surface area contributed by atoms with Crippen molar-refractivity contribution in [1.29, 1.82) is 0 Å². The largest absolute Gasteiger partial charge is 0.369 e. The Bertz CT molecular complexity index is 499. The SMILES string of the molecule is NC(=O)C1CN(CCc2ccccc2F)CC1C(N)=O. The Labute approximate surface area is 116 Å². The molecule has 4 N–H and O–H groups in total. The van der Waals surface area contributed by atoms with E-state index in [-0.39, 0.29) is 5.82 Å². The summed E-state index contributed by atoms with van der Waals surface area (Å²) in [7, 11) is 0. The normalized spacial score (nSPS) is 22.9. The van der Waals surface area contributed by atoms with Gasteiger partial charge in [0.25, 0.3) is 0 Å². The molecule has 0 spiro atoms. The van der Waals surface area contributed by atoms with Crippen LogP contribution in [0.3, 0.4) is 0 Å². The zero-order chi connectivity index (χ0) is 14.7. The van der Waals surface area contributed by atoms with Crippen LogP contribution in [0.25, 0.3) is 0 Å². The van der Waals surface area contributed by atoms with Crippen LogP contribution in [0.15, 0.2) is 24.3 Å². The van der Waals surface area contributed by atoms with Gasteiger partial charge in [-0.1, -0.05) is 18.2 Å². The van der Waals surface area contributed by atoms with Crippen molar-refractivity contribution in [3.63, 3.8) is 0 Å². The maximum absolute atomic E-state index is 13.5. The second kappa shape index (κ2) is 6.00. The number of benzene rings is 1. The lowest BCUT2D eigenvalue weighted by Crippen LogP contribution is -2.36. The lowest BCUT2D eigenvalue weighted by Gasteiger charge is -2.15. The molecule has 2 amide bonds. The Kier molecular flexibility index (Phi) is 4.34. The third-order valence-electron chi connectivity index (χ3n) is 3.78. The Morgan fingerprint density at radius 3 is 2.20 bits per heavy atom. The summed E-state index contributed by atoms with van der Waals surface area (Å²) in [6.07, 6.45) is 0.517. The average Bonchev–Trinajstić information content (AvgIpc) is 2.82. The first-order chi connectivity index (χ1) is 9.49. The van der Waals surface area contributed by atoms with E-state index in [0.717, 1.165) is 0 Å². The molecule has 108 valence electrons. The number of primary amides is 2. The molecule has 20 heavy (non-hydrogen) atoms. The van der Waals surface area contributed by atoms with Gasteiger partial charge in [0.1, 0.15) is 5.82 Å². The van der Waals surface area contributed by atoms with Crippen molar-refractivity contribution >= 4 is 11.8 Å². The van der Waals surface area contributed by atoms with E-state index in [4.69, 9.17) is 11.5 Å². The predicted octanol–water partition coefficient (Wildman–Crippen LogP) is -0.113. The van der Waals surface area contributed by atoms with E-state index in [2.05, 4.69) is 0 Å². The molecular weight excluding hydrogens is 261 g/mol. The van der Waals surface area contributed by atoms with Gasteiger partial charge >= 0.3 is 0 Å². The number of likely N-dealkylation sites (tertiary alicyclic amines) is 1. The predicted molar refractivity (Wildman–Crippen MR) is 71.9 cm³/mol. The minimum atomic E-state index is -0.548. The summed E-state index contributed by atoms with van der Waals surface area (Å²) < 4.78 is 13.5. The van der Waals surface area contributed by atoms with Crippen molar-refractivity contribution in [2.45, 2.75) is 6.42 Å². The zero-order valence-electron chi connectivity index (χ0n) is 11.1. The molecule has 1 fully saturated rings. The van der Waals surface area contributed by atoms with Gasteiger partial charge in [0.15, 0.2) is 0 Å². The third kappa shape index (κ3) is 3.14. The monoisotopic (exact) mass is 279 g/mol. The highest BCUT2D eigenvalue weighted by Crippen LogP contribution is 2.23. The van der Waals surface area contributed by atoms with Gasteiger partial charge in [0.05, 0.1) is 11.8 Å². The van der Waals surface area contributed by atoms with Gasteiger partial charge < -0.3 is 16.4 Å². The smallest absolute Gasteiger partial charge is 0.222 e. The van der Waals surface area contributed by atoms with Gasteiger partial charge in [-0.3, -0.25) is 9.59 Å². The molecule has 1 aliphatic heterocycles. The standard InChI is InChI=1S/C14H18FN3O2/c15-12-4-2-1-3-9(12)5-6-18-7-10(13(16)19)11(8-18)14(17)20/h1-4,10-11H,5-8H2,(H2,16,19)(H2,17,20). The van der Waals surface area contributed by atoms with E-state index < -0.39 is 23.7 Å². The van der Waals surface area contributed by atoms with Crippen LogP contribution in [-0.2, 0) is 16.0 Å². The lowest BCUT2D eigenvalue weighted by atomic mass is 9.95. The number of hydrogen-bond acceptors (Lipinski definition) is 3. The van der Waals surface area contributed by atoms with Crippen molar-refractivity contribution in [3.8, 4) is 0 Å². The van der Waals surface area contributed by atoms with Crippen molar-refractivity contribution in [3.05, 3.63) is 35.6 Å². The first kappa shape index (κ1) is 14.5. The minimum absolute atomic E-state index is 0.246. The molecule has 0 aromatic heterocycles. The summed E-state index contributed by atoms with van der Waals surface area (Å²) in [5.41, 5.74) is 11.2. The highest BCUT2D eigenvalue weighted by molar-refractivity contribution is 5.87. The van der Waals surface area contributed by atoms with E-state index in [1.54, 1.807) is 18.2 Å². The number of nitrogens with zero attached hydrogens (tertiary/aromatic N) is 1. The number of hydrogen-bond donors (Lipinski definition) is 2. The molecule has 2 rings (SSSR count). The molecular formula is C14H18FN3O2. The summed E-state index contributed by atoms with van der Waals surface area (Å²) in [6, 6.07) is 6.56. The number of rotatable bonds is 5. The maximum Gasteiger partial charge on any atom is 0.222 e. The lowest BCUT2D eigenvalue weighted by molar-refractivity contribution is -0.129. The Morgan fingerprint density at radius 2 is 1.70 bits per heavy atom. The van der Waals surface area contributed by atoms with Gasteiger partial charge in [0.2, 0.25) is 11.8 Å². The zero-order valence-corrected chi connectivity index (χ0v) is 11.1. The molecule has 6 heteroatoms. The molecule has 1 heterocycles. The van der Waals surface area contributed by atoms with Gasteiger partial charge in [0, 0.05) is 19.6 Å². The van der Waals surface area contributed by atoms with Crippen LogP contribution in [0.1, 0.15) is 5.56 Å². The van der Waals surface area contributed by atoms with Crippen molar-refractivity contribution in [2.75, 3.05) is 19.6 Å². The highest BCUT2D eigenvalue weighted by Gasteiger charge is 2.39. The molecule has 0 bridgehead atoms. The second-order valence-electron chi connectivity index (χ2n) is 5.12. The average molecular weight is 279 g/mol. The summed E-state index contributed by atoms with van der Waals surface area (Å²) >= 11 is 0. The fourth-order valence-electron chi connectivity index (χ4n) is 2.62. The van der Waals surface area contributed by atoms with Gasteiger partial charge in [-0.25, -0.2) is 4.39 Å². The summed E-state index contributed by atoms with van der Waals surface area (Å²) in [4.78, 5) is 24.6. The van der Waals surface area contributed by atoms with Gasteiger partial charge in [-0.2, -0.15) is 0 Å². The molecule has 1 aromatic rings. The fraction of sp³-hybridized carbons (Fsp3) is 0.429. The third-order valence-corrected chi connectivity index (χ3v) is 3.78. The van der Waals surface area contributed by atoms with Crippen LogP contribution in [0.4, 0.5) is 4.39 Å². The highest BCUT2D eigenvalue weighted by atomic mass is 19.1. The molecule has 2 atom stereocenters. The first-order valence-corrected chi connectivity index (χ1v) is 6.53. The molecule has 1 saturated heterocycles. The van der Waals surface area contributed by atoms with Crippen LogP contribution >= 0.6 is 0 Å². The van der Waals surface area contributed by atoms with E-state index in [1.165, 1.54) is 6.07 Å². The van der Waals surface area contributed by atoms with Gasteiger partial charge in [-0.05, 0) is 18.1 Å². The second-order valence-corrected chi connectivity index (χ2v) is 5.12. The molecule has 0 aliphatic carbocycles. The fourth-order valence-corrected chi connectivity index (χ4v) is 2.62.